The molecule has 4 heterocycles. The number of aryl methyl sites for hydroxylation is 1. The first-order valence-corrected chi connectivity index (χ1v) is 9.04. The van der Waals surface area contributed by atoms with Crippen LogP contribution >= 0.6 is 0 Å². The van der Waals surface area contributed by atoms with E-state index >= 15 is 0 Å². The van der Waals surface area contributed by atoms with Gasteiger partial charge in [-0.15, -0.1) is 0 Å². The second kappa shape index (κ2) is 6.50. The van der Waals surface area contributed by atoms with Gasteiger partial charge in [0, 0.05) is 48.1 Å². The Morgan fingerprint density at radius 1 is 1.21 bits per heavy atom. The van der Waals surface area contributed by atoms with Gasteiger partial charge in [0.1, 0.15) is 11.5 Å². The van der Waals surface area contributed by atoms with Gasteiger partial charge in [-0.05, 0) is 26.8 Å². The topological polar surface area (TPSA) is 84.3 Å². The molecule has 4 aromatic heterocycles. The van der Waals surface area contributed by atoms with Crippen molar-refractivity contribution in [1.82, 2.24) is 29.5 Å². The van der Waals surface area contributed by atoms with Crippen LogP contribution in [0.25, 0.3) is 33.3 Å². The number of alkyl halides is 2. The summed E-state index contributed by atoms with van der Waals surface area (Å²) in [6.45, 7) is 6.50. The number of fused-ring (bicyclic) bond motifs is 2. The van der Waals surface area contributed by atoms with Crippen molar-refractivity contribution in [2.75, 3.05) is 11.9 Å². The van der Waals surface area contributed by atoms with Crippen LogP contribution in [0.3, 0.4) is 0 Å². The highest BCUT2D eigenvalue weighted by molar-refractivity contribution is 5.95. The molecule has 0 fully saturated rings. The van der Waals surface area contributed by atoms with E-state index in [2.05, 4.69) is 54.7 Å². The highest BCUT2D eigenvalue weighted by Crippen LogP contribution is 2.30. The third-order valence-corrected chi connectivity index (χ3v) is 4.54. The molecule has 0 aliphatic heterocycles. The monoisotopic (exact) mass is 385 g/mol. The van der Waals surface area contributed by atoms with Crippen molar-refractivity contribution in [2.24, 2.45) is 0 Å². The second-order valence-electron chi connectivity index (χ2n) is 7.27. The minimum Gasteiger partial charge on any atom is -0.348 e. The Balaban J connectivity index is 1.74. The van der Waals surface area contributed by atoms with E-state index in [0.717, 1.165) is 34.8 Å². The fourth-order valence-electron chi connectivity index (χ4n) is 3.36. The predicted molar refractivity (Wildman–Crippen MR) is 105 cm³/mol. The number of anilines is 1. The summed E-state index contributed by atoms with van der Waals surface area (Å²) < 4.78 is 28.2. The quantitative estimate of drug-likeness (QED) is 0.534. The van der Waals surface area contributed by atoms with Crippen LogP contribution < -0.4 is 5.32 Å². The molecule has 0 saturated heterocycles. The Kier molecular flexibility index (Phi) is 4.24. The smallest absolute Gasteiger partial charge is 0.262 e. The number of rotatable bonds is 5. The van der Waals surface area contributed by atoms with E-state index in [1.54, 1.807) is 12.4 Å². The number of pyridine rings is 1. The van der Waals surface area contributed by atoms with Gasteiger partial charge in [0.15, 0.2) is 5.65 Å². The number of nitrogens with zero attached hydrogens (tertiary/aromatic N) is 5. The van der Waals surface area contributed by atoms with Crippen molar-refractivity contribution in [3.05, 3.63) is 30.5 Å². The average Bonchev–Trinajstić information content (AvgIpc) is 3.18. The zero-order valence-corrected chi connectivity index (χ0v) is 16.1. The lowest BCUT2D eigenvalue weighted by atomic mass is 10.1. The molecule has 2 N–H and O–H groups in total. The Labute approximate surface area is 160 Å². The largest absolute Gasteiger partial charge is 0.348 e. The summed E-state index contributed by atoms with van der Waals surface area (Å²) >= 11 is 0. The van der Waals surface area contributed by atoms with Gasteiger partial charge in [-0.2, -0.15) is 4.98 Å². The zero-order chi connectivity index (χ0) is 20.1. The SMILES string of the molecule is Cc1nc2ncc(-c3c[nH]c4nc(NCC(C)(F)F)ncc34)cc2n1C(C)C. The van der Waals surface area contributed by atoms with Gasteiger partial charge >= 0.3 is 0 Å². The fraction of sp³-hybridized carbons (Fsp3) is 0.368. The molecule has 0 radical (unpaired) electrons. The van der Waals surface area contributed by atoms with Gasteiger partial charge in [0.2, 0.25) is 5.95 Å². The van der Waals surface area contributed by atoms with Gasteiger partial charge < -0.3 is 14.9 Å². The van der Waals surface area contributed by atoms with Crippen molar-refractivity contribution >= 4 is 28.1 Å². The maximum Gasteiger partial charge on any atom is 0.262 e. The lowest BCUT2D eigenvalue weighted by Gasteiger charge is -2.11. The Hall–Kier alpha value is -3.10. The predicted octanol–water partition coefficient (Wildman–Crippen LogP) is 4.33. The number of halogens is 2. The number of nitrogens with one attached hydrogen (secondary N) is 2. The number of hydrogen-bond donors (Lipinski definition) is 2. The summed E-state index contributed by atoms with van der Waals surface area (Å²) in [5.41, 5.74) is 4.04. The Morgan fingerprint density at radius 3 is 2.71 bits per heavy atom. The maximum absolute atomic E-state index is 13.0. The van der Waals surface area contributed by atoms with Crippen LogP contribution in [0.1, 0.15) is 32.6 Å². The van der Waals surface area contributed by atoms with Crippen LogP contribution in [0.5, 0.6) is 0 Å². The molecule has 0 spiro atoms. The number of H-pyrrole nitrogens is 1. The summed E-state index contributed by atoms with van der Waals surface area (Å²) in [6.07, 6.45) is 5.22. The molecule has 4 rings (SSSR count). The van der Waals surface area contributed by atoms with E-state index in [4.69, 9.17) is 0 Å². The number of aromatic amines is 1. The number of imidazole rings is 1. The molecule has 0 amide bonds. The van der Waals surface area contributed by atoms with Crippen LogP contribution in [-0.2, 0) is 0 Å². The van der Waals surface area contributed by atoms with Gasteiger partial charge in [-0.1, -0.05) is 0 Å². The summed E-state index contributed by atoms with van der Waals surface area (Å²) in [4.78, 5) is 20.6. The van der Waals surface area contributed by atoms with Gasteiger partial charge in [-0.25, -0.2) is 23.7 Å². The van der Waals surface area contributed by atoms with Gasteiger partial charge in [0.25, 0.3) is 5.92 Å². The van der Waals surface area contributed by atoms with Crippen LogP contribution in [0.4, 0.5) is 14.7 Å². The van der Waals surface area contributed by atoms with Crippen molar-refractivity contribution in [1.29, 1.82) is 0 Å². The Morgan fingerprint density at radius 2 is 2.00 bits per heavy atom. The molecule has 0 aliphatic rings. The first kappa shape index (κ1) is 18.3. The summed E-state index contributed by atoms with van der Waals surface area (Å²) in [7, 11) is 0. The van der Waals surface area contributed by atoms with Crippen LogP contribution in [0.15, 0.2) is 24.7 Å². The van der Waals surface area contributed by atoms with E-state index in [1.807, 2.05) is 13.1 Å². The van der Waals surface area contributed by atoms with E-state index in [0.29, 0.717) is 11.3 Å². The van der Waals surface area contributed by atoms with Crippen molar-refractivity contribution in [2.45, 2.75) is 39.7 Å². The molecule has 0 saturated carbocycles. The lowest BCUT2D eigenvalue weighted by molar-refractivity contribution is 0.0366. The third kappa shape index (κ3) is 3.28. The average molecular weight is 385 g/mol. The third-order valence-electron chi connectivity index (χ3n) is 4.54. The highest BCUT2D eigenvalue weighted by Gasteiger charge is 2.21. The van der Waals surface area contributed by atoms with E-state index < -0.39 is 12.5 Å². The van der Waals surface area contributed by atoms with Crippen molar-refractivity contribution in [3.8, 4) is 11.1 Å². The molecule has 0 unspecified atom stereocenters. The second-order valence-corrected chi connectivity index (χ2v) is 7.27. The molecule has 7 nitrogen and oxygen atoms in total. The standard InChI is InChI=1S/C19H21F2N7/c1-10(2)28-11(3)26-17-15(28)5-12(6-22-17)13-7-23-16-14(13)8-24-18(27-16)25-9-19(4,20)21/h5-8,10H,9H2,1-4H3,(H2,23,24,25,27). The number of hydrogen-bond acceptors (Lipinski definition) is 5. The van der Waals surface area contributed by atoms with Crippen LogP contribution in [0, 0.1) is 6.92 Å². The molecule has 0 aliphatic carbocycles. The van der Waals surface area contributed by atoms with E-state index in [1.165, 1.54) is 0 Å². The van der Waals surface area contributed by atoms with Gasteiger partial charge in [-0.3, -0.25) is 0 Å². The molecule has 0 aromatic carbocycles. The summed E-state index contributed by atoms with van der Waals surface area (Å²) in [5.74, 6) is -1.76. The van der Waals surface area contributed by atoms with Crippen molar-refractivity contribution < 1.29 is 8.78 Å². The molecule has 4 aromatic rings. The minimum atomic E-state index is -2.84. The molecule has 0 bridgehead atoms. The molecule has 28 heavy (non-hydrogen) atoms. The highest BCUT2D eigenvalue weighted by atomic mass is 19.3. The first-order chi connectivity index (χ1) is 13.2. The van der Waals surface area contributed by atoms with E-state index in [9.17, 15) is 8.78 Å². The normalized spacial score (nSPS) is 12.4. The lowest BCUT2D eigenvalue weighted by Crippen LogP contribution is -2.23. The van der Waals surface area contributed by atoms with Crippen LogP contribution in [-0.4, -0.2) is 42.0 Å². The molecular formula is C19H21F2N7. The van der Waals surface area contributed by atoms with Crippen molar-refractivity contribution in [3.63, 3.8) is 0 Å². The first-order valence-electron chi connectivity index (χ1n) is 9.04. The fourth-order valence-corrected chi connectivity index (χ4v) is 3.36. The zero-order valence-electron chi connectivity index (χ0n) is 16.1. The maximum atomic E-state index is 13.0. The minimum absolute atomic E-state index is 0.157. The molecule has 0 atom stereocenters. The molecular weight excluding hydrogens is 364 g/mol. The molecule has 9 heteroatoms. The Bertz CT molecular complexity index is 1150. The summed E-state index contributed by atoms with van der Waals surface area (Å²) in [6, 6.07) is 2.31. The summed E-state index contributed by atoms with van der Waals surface area (Å²) in [5, 5.41) is 3.35. The van der Waals surface area contributed by atoms with Gasteiger partial charge in [0.05, 0.1) is 12.1 Å². The molecule has 146 valence electrons. The number of aromatic nitrogens is 6. The van der Waals surface area contributed by atoms with E-state index in [-0.39, 0.29) is 12.0 Å². The van der Waals surface area contributed by atoms with Crippen LogP contribution in [0.2, 0.25) is 0 Å².